The molecule has 0 spiro atoms. The summed E-state index contributed by atoms with van der Waals surface area (Å²) in [5, 5.41) is 0. The summed E-state index contributed by atoms with van der Waals surface area (Å²) in [5.74, 6) is 0. The molecule has 1 aromatic rings. The maximum Gasteiger partial charge on any atom is 0.0130 e. The van der Waals surface area contributed by atoms with Crippen molar-refractivity contribution >= 4 is 37.3 Å². The van der Waals surface area contributed by atoms with Gasteiger partial charge in [0.15, 0.2) is 0 Å². The van der Waals surface area contributed by atoms with Crippen LogP contribution >= 0.6 is 27.3 Å². The first kappa shape index (κ1) is 36.8. The summed E-state index contributed by atoms with van der Waals surface area (Å²) in [6.45, 7) is 12.3. The average Bonchev–Trinajstić information content (AvgIpc) is 3.52. The van der Waals surface area contributed by atoms with Crippen LogP contribution in [0.25, 0.3) is 0 Å². The van der Waals surface area contributed by atoms with E-state index in [-0.39, 0.29) is 7.92 Å². The first-order valence-electron chi connectivity index (χ1n) is 17.5. The second-order valence-corrected chi connectivity index (χ2v) is 22.2. The third kappa shape index (κ3) is 13.0. The second-order valence-electron chi connectivity index (χ2n) is 13.4. The summed E-state index contributed by atoms with van der Waals surface area (Å²) in [5.41, 5.74) is 9.28. The van der Waals surface area contributed by atoms with E-state index in [0.29, 0.717) is 0 Å². The molecular weight excluding hydrogens is 661 g/mol. The van der Waals surface area contributed by atoms with Crippen LogP contribution in [0.4, 0.5) is 5.69 Å². The van der Waals surface area contributed by atoms with Crippen molar-refractivity contribution in [3.63, 3.8) is 0 Å². The molecule has 1 aromatic carbocycles. The molecule has 3 saturated carbocycles. The molecule has 0 amide bonds. The van der Waals surface area contributed by atoms with Crippen molar-refractivity contribution in [3.8, 4) is 0 Å². The molecule has 242 valence electrons. The minimum Gasteiger partial charge on any atom is -0.522 e. The number of hydrogen-bond acceptors (Lipinski definition) is 1. The Kier molecular flexibility index (Phi) is 18.5. The van der Waals surface area contributed by atoms with Gasteiger partial charge in [-0.3, -0.25) is 0 Å². The fraction of sp³-hybridized carbons (Fsp3) is 0.757. The summed E-state index contributed by atoms with van der Waals surface area (Å²) in [7, 11) is 11.0. The predicted molar refractivity (Wildman–Crippen MR) is 191 cm³/mol. The van der Waals surface area contributed by atoms with Crippen LogP contribution in [0.3, 0.4) is 0 Å². The average molecular weight is 724 g/mol. The Hall–Kier alpha value is 0.303. The molecule has 0 aromatic heterocycles. The van der Waals surface area contributed by atoms with Crippen molar-refractivity contribution in [2.24, 2.45) is 0 Å². The Balaban J connectivity index is 0.000000186. The van der Waals surface area contributed by atoms with Gasteiger partial charge in [0.2, 0.25) is 0 Å². The van der Waals surface area contributed by atoms with Crippen molar-refractivity contribution in [2.45, 2.75) is 173 Å². The quantitative estimate of drug-likeness (QED) is 0.117. The van der Waals surface area contributed by atoms with Crippen LogP contribution in [0.2, 0.25) is 0 Å². The molecule has 4 aliphatic rings. The minimum absolute atomic E-state index is 0.0465. The van der Waals surface area contributed by atoms with Gasteiger partial charge in [-0.1, -0.05) is 43.4 Å². The van der Waals surface area contributed by atoms with Gasteiger partial charge in [0, 0.05) is 13.6 Å². The molecule has 5 heteroatoms. The van der Waals surface area contributed by atoms with E-state index in [1.165, 1.54) is 71.6 Å². The standard InChI is InChI=1S/C18H33P.C13H18N.C6H10.2ClH.Ru/c1-4-10-16(11-5-1)19(17-12-6-2-7-13-17)18-14-8-3-9-15-18;1-10-8-11(2)13(12(3)9-10)14-6-4-5-7-14;1-3-5-6-4-2;;;/h16-18H,1-15H2;6,8-9H,4-5,7H2,1-3H3;4H,3,5-6H2,1H3;2*1H;/q;-1;;;;+2/p-1. The normalized spacial score (nSPS) is 20.7. The Labute approximate surface area is 275 Å². The van der Waals surface area contributed by atoms with Crippen molar-refractivity contribution < 1.29 is 13.5 Å². The number of anilines is 1. The first-order chi connectivity index (χ1) is 20.4. The van der Waals surface area contributed by atoms with E-state index in [4.69, 9.17) is 19.4 Å². The molecule has 42 heavy (non-hydrogen) atoms. The van der Waals surface area contributed by atoms with E-state index in [1.807, 2.05) is 6.08 Å². The largest absolute Gasteiger partial charge is 0.522 e. The van der Waals surface area contributed by atoms with Crippen molar-refractivity contribution in [1.29, 1.82) is 0 Å². The zero-order valence-corrected chi connectivity index (χ0v) is 31.7. The van der Waals surface area contributed by atoms with Gasteiger partial charge in [-0.15, -0.1) is 0 Å². The molecule has 5 rings (SSSR count). The van der Waals surface area contributed by atoms with Gasteiger partial charge in [0.1, 0.15) is 0 Å². The molecule has 1 heterocycles. The smallest absolute Gasteiger partial charge is 0.0130 e. The zero-order valence-electron chi connectivity index (χ0n) is 27.4. The van der Waals surface area contributed by atoms with E-state index in [1.54, 1.807) is 96.3 Å². The number of nitrogens with zero attached hydrogens (tertiary/aromatic N) is 1. The summed E-state index contributed by atoms with van der Waals surface area (Å²) in [6, 6.07) is 4.54. The summed E-state index contributed by atoms with van der Waals surface area (Å²) >= 11 is -1.61. The van der Waals surface area contributed by atoms with Gasteiger partial charge in [-0.2, -0.15) is 6.42 Å². The first-order valence-corrected chi connectivity index (χ1v) is 24.6. The molecule has 0 atom stereocenters. The van der Waals surface area contributed by atoms with Crippen LogP contribution in [-0.2, 0) is 13.5 Å². The molecule has 1 saturated heterocycles. The summed E-state index contributed by atoms with van der Waals surface area (Å²) in [4.78, 5) is 2.41. The Bertz CT molecular complexity index is 881. The van der Waals surface area contributed by atoms with Gasteiger partial charge in [-0.25, -0.2) is 6.54 Å². The van der Waals surface area contributed by atoms with Gasteiger partial charge in [0.05, 0.1) is 17.0 Å². The number of allylic oxidation sites excluding steroid dienone is 1. The third-order valence-electron chi connectivity index (χ3n) is 9.96. The van der Waals surface area contributed by atoms with Crippen LogP contribution in [0, 0.1) is 27.3 Å². The zero-order chi connectivity index (χ0) is 30.2. The summed E-state index contributed by atoms with van der Waals surface area (Å²) < 4.78 is 2.93. The maximum atomic E-state index is 5.52. The predicted octanol–water partition coefficient (Wildman–Crippen LogP) is 12.6. The molecule has 0 unspecified atom stereocenters. The van der Waals surface area contributed by atoms with E-state index in [0.717, 1.165) is 6.42 Å². The molecule has 0 bridgehead atoms. The van der Waals surface area contributed by atoms with Crippen molar-refractivity contribution in [1.82, 2.24) is 0 Å². The molecule has 0 N–H and O–H groups in total. The van der Waals surface area contributed by atoms with E-state index in [9.17, 15) is 0 Å². The summed E-state index contributed by atoms with van der Waals surface area (Å²) in [6.07, 6.45) is 31.8. The fourth-order valence-electron chi connectivity index (χ4n) is 8.15. The Morgan fingerprint density at radius 1 is 0.810 bits per heavy atom. The molecule has 4 fully saturated rings. The van der Waals surface area contributed by atoms with E-state index < -0.39 is 13.5 Å². The van der Waals surface area contributed by atoms with Gasteiger partial charge < -0.3 is 4.90 Å². The molecule has 3 aliphatic carbocycles. The van der Waals surface area contributed by atoms with Gasteiger partial charge in [-0.05, 0) is 115 Å². The number of aryl methyl sites for hydroxylation is 3. The topological polar surface area (TPSA) is 3.24 Å². The Morgan fingerprint density at radius 2 is 1.29 bits per heavy atom. The molecule has 0 radical (unpaired) electrons. The van der Waals surface area contributed by atoms with Crippen LogP contribution in [-0.4, -0.2) is 27.8 Å². The number of rotatable bonds is 7. The maximum absolute atomic E-state index is 5.52. The van der Waals surface area contributed by atoms with Gasteiger partial charge in [0.25, 0.3) is 0 Å². The minimum atomic E-state index is -1.61. The van der Waals surface area contributed by atoms with Crippen LogP contribution in [0.5, 0.6) is 0 Å². The van der Waals surface area contributed by atoms with Crippen molar-refractivity contribution in [2.75, 3.05) is 11.4 Å². The molecule has 1 nitrogen and oxygen atoms in total. The van der Waals surface area contributed by atoms with Crippen LogP contribution < -0.4 is 4.90 Å². The SMILES string of the molecule is C1CCC([PH+](C2CCCCC2)C2CCCCC2)CC1.CCCCC=[C]=[Ru]([Cl])[Cl].Cc1cc(C)c(N2[CH-]CCC2)c(C)c1. The van der Waals surface area contributed by atoms with E-state index in [2.05, 4.69) is 55.5 Å². The van der Waals surface area contributed by atoms with E-state index >= 15 is 0 Å². The fourth-order valence-corrected chi connectivity index (χ4v) is 14.5. The molecular formula is C37H62Cl2NPRu. The Morgan fingerprint density at radius 3 is 1.67 bits per heavy atom. The van der Waals surface area contributed by atoms with Crippen molar-refractivity contribution in [3.05, 3.63) is 41.4 Å². The monoisotopic (exact) mass is 723 g/mol. The molecule has 1 aliphatic heterocycles. The number of hydrogen-bond donors (Lipinski definition) is 0. The number of halogens is 2. The third-order valence-corrected chi connectivity index (χ3v) is 16.2. The number of benzene rings is 1. The van der Waals surface area contributed by atoms with Crippen LogP contribution in [0.15, 0.2) is 18.2 Å². The number of unbranched alkanes of at least 4 members (excludes halogenated alkanes) is 2. The van der Waals surface area contributed by atoms with Gasteiger partial charge >= 0.3 is 69.4 Å². The second kappa shape index (κ2) is 21.2. The van der Waals surface area contributed by atoms with Crippen LogP contribution in [0.1, 0.15) is 152 Å².